The fourth-order valence-corrected chi connectivity index (χ4v) is 10.1. The normalized spacial score (nSPS) is 11.3. The van der Waals surface area contributed by atoms with Crippen molar-refractivity contribution in [1.82, 2.24) is 4.98 Å². The van der Waals surface area contributed by atoms with Crippen molar-refractivity contribution in [2.45, 2.75) is 0 Å². The van der Waals surface area contributed by atoms with Crippen LogP contribution in [0.2, 0.25) is 0 Å². The van der Waals surface area contributed by atoms with E-state index in [1.807, 2.05) is 12.3 Å². The number of aromatic nitrogens is 1. The van der Waals surface area contributed by atoms with Crippen LogP contribution in [0.4, 0.5) is 0 Å². The number of rotatable bonds is 8. The summed E-state index contributed by atoms with van der Waals surface area (Å²) in [6, 6.07) is 92.7. The predicted octanol–water partition coefficient (Wildman–Crippen LogP) is 17.9. The zero-order valence-corrected chi connectivity index (χ0v) is 36.3. The largest absolute Gasteiger partial charge is 0.256 e. The minimum atomic E-state index is 1.00. The van der Waals surface area contributed by atoms with Gasteiger partial charge in [-0.3, -0.25) is 4.98 Å². The molecule has 1 nitrogen and oxygen atoms in total. The van der Waals surface area contributed by atoms with Crippen molar-refractivity contribution in [2.24, 2.45) is 0 Å². The lowest BCUT2D eigenvalue weighted by Crippen LogP contribution is -1.98. The topological polar surface area (TPSA) is 12.9 Å². The molecule has 0 aliphatic carbocycles. The Labute approximate surface area is 385 Å². The van der Waals surface area contributed by atoms with Gasteiger partial charge in [-0.15, -0.1) is 0 Å². The summed E-state index contributed by atoms with van der Waals surface area (Å²) >= 11 is 0. The summed E-state index contributed by atoms with van der Waals surface area (Å²) in [4.78, 5) is 4.91. The summed E-state index contributed by atoms with van der Waals surface area (Å²) in [5.74, 6) is 0. The highest BCUT2D eigenvalue weighted by Gasteiger charge is 2.24. The first-order chi connectivity index (χ1) is 32.8. The summed E-state index contributed by atoms with van der Waals surface area (Å²) in [6.07, 6.45) is 2.04. The van der Waals surface area contributed by atoms with Crippen molar-refractivity contribution >= 4 is 32.4 Å². The number of benzene rings is 11. The quantitative estimate of drug-likeness (QED) is 0.139. The molecule has 66 heavy (non-hydrogen) atoms. The molecule has 1 aromatic heterocycles. The SMILES string of the molecule is c1ccc(-c2cc(-c3cccc(-c4cccc(-c5c6ccccc6c(-c6cnc7ccccc7c6)c6ccccc56)c4)c3)c(-c3ccccc3)c(-c3ccccc3)c2-c2ccccc2)cc1. The van der Waals surface area contributed by atoms with Crippen molar-refractivity contribution in [2.75, 3.05) is 0 Å². The monoisotopic (exact) mass is 837 g/mol. The van der Waals surface area contributed by atoms with E-state index in [1.165, 1.54) is 93.9 Å². The molecular weight excluding hydrogens is 795 g/mol. The fraction of sp³-hybridized carbons (Fsp3) is 0. The molecule has 0 aliphatic rings. The highest BCUT2D eigenvalue weighted by molar-refractivity contribution is 6.22. The van der Waals surface area contributed by atoms with Gasteiger partial charge in [0.15, 0.2) is 0 Å². The van der Waals surface area contributed by atoms with E-state index in [0.717, 1.165) is 27.6 Å². The van der Waals surface area contributed by atoms with Gasteiger partial charge in [0, 0.05) is 17.1 Å². The second-order valence-electron chi connectivity index (χ2n) is 17.0. The van der Waals surface area contributed by atoms with E-state index in [9.17, 15) is 0 Å². The van der Waals surface area contributed by atoms with Crippen molar-refractivity contribution in [3.63, 3.8) is 0 Å². The van der Waals surface area contributed by atoms with Crippen LogP contribution in [0.1, 0.15) is 0 Å². The van der Waals surface area contributed by atoms with Crippen molar-refractivity contribution < 1.29 is 0 Å². The van der Waals surface area contributed by atoms with E-state index in [4.69, 9.17) is 4.98 Å². The Kier molecular flexibility index (Phi) is 9.93. The third-order valence-corrected chi connectivity index (χ3v) is 13.1. The van der Waals surface area contributed by atoms with E-state index in [2.05, 4.69) is 249 Å². The third kappa shape index (κ3) is 6.95. The molecule has 0 amide bonds. The molecule has 12 aromatic rings. The summed E-state index contributed by atoms with van der Waals surface area (Å²) in [5, 5.41) is 6.01. The minimum absolute atomic E-state index is 1.00. The number of pyridine rings is 1. The molecule has 12 rings (SSSR count). The van der Waals surface area contributed by atoms with E-state index in [0.29, 0.717) is 0 Å². The van der Waals surface area contributed by atoms with E-state index in [-0.39, 0.29) is 0 Å². The Morgan fingerprint density at radius 1 is 0.212 bits per heavy atom. The Morgan fingerprint density at radius 2 is 0.591 bits per heavy atom. The molecule has 0 fully saturated rings. The van der Waals surface area contributed by atoms with Gasteiger partial charge in [0.25, 0.3) is 0 Å². The average molecular weight is 838 g/mol. The average Bonchev–Trinajstić information content (AvgIpc) is 3.40. The third-order valence-electron chi connectivity index (χ3n) is 13.1. The first-order valence-corrected chi connectivity index (χ1v) is 22.7. The molecule has 11 aromatic carbocycles. The Balaban J connectivity index is 1.07. The van der Waals surface area contributed by atoms with Crippen LogP contribution in [0.25, 0.3) is 121 Å². The zero-order chi connectivity index (χ0) is 43.8. The smallest absolute Gasteiger partial charge is 0.0702 e. The van der Waals surface area contributed by atoms with Crippen LogP contribution in [0.5, 0.6) is 0 Å². The molecule has 0 aliphatic heterocycles. The minimum Gasteiger partial charge on any atom is -0.256 e. The summed E-state index contributed by atoms with van der Waals surface area (Å²) in [7, 11) is 0. The molecule has 1 heterocycles. The van der Waals surface area contributed by atoms with Gasteiger partial charge in [-0.2, -0.15) is 0 Å². The molecule has 0 spiro atoms. The molecule has 1 heteroatoms. The maximum Gasteiger partial charge on any atom is 0.0702 e. The zero-order valence-electron chi connectivity index (χ0n) is 36.3. The molecule has 0 radical (unpaired) electrons. The molecule has 308 valence electrons. The molecular formula is C65H43N. The van der Waals surface area contributed by atoms with Gasteiger partial charge in [0.1, 0.15) is 0 Å². The maximum atomic E-state index is 4.91. The standard InChI is InChI=1S/C65H43N/c1-5-21-44(22-6-1)58-42-59(64(46-25-9-3-10-26-46)65(47-27-11-4-12-28-47)63(58)45-23-7-2-8-24-45)50-32-19-30-48(39-50)49-31-20-33-52(40-49)61-54-34-14-16-36-56(54)62(57-37-17-15-35-55(57)61)53-41-51-29-13-18-38-60(51)66-43-53/h1-43H. The van der Waals surface area contributed by atoms with Gasteiger partial charge >= 0.3 is 0 Å². The highest BCUT2D eigenvalue weighted by atomic mass is 14.6. The van der Waals surface area contributed by atoms with Crippen LogP contribution in [0.3, 0.4) is 0 Å². The molecule has 0 saturated carbocycles. The van der Waals surface area contributed by atoms with Gasteiger partial charge in [-0.1, -0.05) is 224 Å². The second kappa shape index (κ2) is 16.8. The van der Waals surface area contributed by atoms with Crippen LogP contribution >= 0.6 is 0 Å². The van der Waals surface area contributed by atoms with Gasteiger partial charge in [-0.25, -0.2) is 0 Å². The molecule has 0 bridgehead atoms. The Bertz CT molecular complexity index is 3670. The number of hydrogen-bond acceptors (Lipinski definition) is 1. The lowest BCUT2D eigenvalue weighted by molar-refractivity contribution is 1.41. The lowest BCUT2D eigenvalue weighted by atomic mass is 9.78. The first kappa shape index (κ1) is 39.0. The number of nitrogens with zero attached hydrogens (tertiary/aromatic N) is 1. The number of fused-ring (bicyclic) bond motifs is 3. The Morgan fingerprint density at radius 3 is 1.14 bits per heavy atom. The second-order valence-corrected chi connectivity index (χ2v) is 17.0. The van der Waals surface area contributed by atoms with Crippen LogP contribution < -0.4 is 0 Å². The van der Waals surface area contributed by atoms with Crippen LogP contribution in [0, 0.1) is 0 Å². The van der Waals surface area contributed by atoms with Crippen molar-refractivity contribution in [1.29, 1.82) is 0 Å². The molecule has 0 N–H and O–H groups in total. The first-order valence-electron chi connectivity index (χ1n) is 22.7. The van der Waals surface area contributed by atoms with E-state index < -0.39 is 0 Å². The van der Waals surface area contributed by atoms with Gasteiger partial charge in [0.05, 0.1) is 5.52 Å². The maximum absolute atomic E-state index is 4.91. The summed E-state index contributed by atoms with van der Waals surface area (Å²) < 4.78 is 0. The van der Waals surface area contributed by atoms with Crippen LogP contribution in [0.15, 0.2) is 261 Å². The van der Waals surface area contributed by atoms with Crippen molar-refractivity contribution in [3.8, 4) is 89.0 Å². The van der Waals surface area contributed by atoms with Crippen LogP contribution in [-0.2, 0) is 0 Å². The number of para-hydroxylation sites is 1. The van der Waals surface area contributed by atoms with Gasteiger partial charge in [0.2, 0.25) is 0 Å². The van der Waals surface area contributed by atoms with Crippen molar-refractivity contribution in [3.05, 3.63) is 261 Å². The predicted molar refractivity (Wildman–Crippen MR) is 280 cm³/mol. The molecule has 0 saturated heterocycles. The Hall–Kier alpha value is -8.65. The highest BCUT2D eigenvalue weighted by Crippen LogP contribution is 2.51. The van der Waals surface area contributed by atoms with Gasteiger partial charge in [-0.05, 0) is 135 Å². The van der Waals surface area contributed by atoms with E-state index >= 15 is 0 Å². The summed E-state index contributed by atoms with van der Waals surface area (Å²) in [5.41, 5.74) is 20.0. The van der Waals surface area contributed by atoms with Gasteiger partial charge < -0.3 is 0 Å². The lowest BCUT2D eigenvalue weighted by Gasteiger charge is -2.24. The van der Waals surface area contributed by atoms with E-state index in [1.54, 1.807) is 0 Å². The molecule has 0 unspecified atom stereocenters. The summed E-state index contributed by atoms with van der Waals surface area (Å²) in [6.45, 7) is 0. The fourth-order valence-electron chi connectivity index (χ4n) is 10.1. The van der Waals surface area contributed by atoms with Crippen LogP contribution in [-0.4, -0.2) is 4.98 Å². The number of hydrogen-bond donors (Lipinski definition) is 0. The molecule has 0 atom stereocenters.